The van der Waals surface area contributed by atoms with E-state index in [-0.39, 0.29) is 5.56 Å². The Kier molecular flexibility index (Phi) is 4.55. The van der Waals surface area contributed by atoms with Crippen LogP contribution >= 0.6 is 15.9 Å². The fraction of sp³-hybridized carbons (Fsp3) is 0.250. The summed E-state index contributed by atoms with van der Waals surface area (Å²) in [6, 6.07) is 4.68. The highest BCUT2D eigenvalue weighted by Gasteiger charge is 2.08. The van der Waals surface area contributed by atoms with Crippen LogP contribution in [0.15, 0.2) is 34.8 Å². The van der Waals surface area contributed by atoms with E-state index >= 15 is 0 Å². The van der Waals surface area contributed by atoms with Crippen LogP contribution in [0.1, 0.15) is 23.7 Å². The standard InChI is InChI=1S/C12H13BrO3/c1-3-8(2)7-16-11-6-9(12(14)15)4-5-10(11)13/h4-6H,2-3,7H2,1H3,(H,14,15). The van der Waals surface area contributed by atoms with E-state index in [9.17, 15) is 4.79 Å². The Labute approximate surface area is 103 Å². The topological polar surface area (TPSA) is 46.5 Å². The van der Waals surface area contributed by atoms with Crippen LogP contribution in [0.3, 0.4) is 0 Å². The van der Waals surface area contributed by atoms with Crippen molar-refractivity contribution in [1.82, 2.24) is 0 Å². The van der Waals surface area contributed by atoms with Crippen molar-refractivity contribution in [1.29, 1.82) is 0 Å². The van der Waals surface area contributed by atoms with E-state index in [4.69, 9.17) is 9.84 Å². The molecule has 0 heterocycles. The van der Waals surface area contributed by atoms with E-state index in [0.29, 0.717) is 12.4 Å². The Morgan fingerprint density at radius 2 is 2.25 bits per heavy atom. The summed E-state index contributed by atoms with van der Waals surface area (Å²) in [4.78, 5) is 10.8. The first-order valence-electron chi connectivity index (χ1n) is 4.87. The molecular formula is C12H13BrO3. The molecule has 0 unspecified atom stereocenters. The number of halogens is 1. The molecule has 0 aliphatic rings. The molecule has 0 saturated heterocycles. The number of benzene rings is 1. The van der Waals surface area contributed by atoms with Crippen LogP contribution in [0.2, 0.25) is 0 Å². The first kappa shape index (κ1) is 12.8. The molecule has 1 N–H and O–H groups in total. The summed E-state index contributed by atoms with van der Waals surface area (Å²) in [6.45, 7) is 6.21. The zero-order valence-corrected chi connectivity index (χ0v) is 10.6. The van der Waals surface area contributed by atoms with Gasteiger partial charge in [-0.15, -0.1) is 0 Å². The molecule has 0 aromatic heterocycles. The molecule has 0 spiro atoms. The minimum Gasteiger partial charge on any atom is -0.488 e. The zero-order valence-electron chi connectivity index (χ0n) is 9.00. The summed E-state index contributed by atoms with van der Waals surface area (Å²) in [7, 11) is 0. The van der Waals surface area contributed by atoms with E-state index in [1.54, 1.807) is 6.07 Å². The molecule has 0 saturated carbocycles. The van der Waals surface area contributed by atoms with Crippen molar-refractivity contribution >= 4 is 21.9 Å². The SMILES string of the molecule is C=C(CC)COc1cc(C(=O)O)ccc1Br. The van der Waals surface area contributed by atoms with Crippen LogP contribution in [-0.2, 0) is 0 Å². The van der Waals surface area contributed by atoms with Crippen LogP contribution in [0, 0.1) is 0 Å². The molecule has 86 valence electrons. The molecular weight excluding hydrogens is 272 g/mol. The molecule has 0 bridgehead atoms. The zero-order chi connectivity index (χ0) is 12.1. The Balaban J connectivity index is 2.82. The van der Waals surface area contributed by atoms with Gasteiger partial charge in [-0.3, -0.25) is 0 Å². The maximum atomic E-state index is 10.8. The van der Waals surface area contributed by atoms with Crippen LogP contribution < -0.4 is 4.74 Å². The predicted molar refractivity (Wildman–Crippen MR) is 66.0 cm³/mol. The Hall–Kier alpha value is -1.29. The van der Waals surface area contributed by atoms with E-state index in [0.717, 1.165) is 16.5 Å². The first-order chi connectivity index (χ1) is 7.54. The molecule has 1 aromatic carbocycles. The van der Waals surface area contributed by atoms with Crippen molar-refractivity contribution in [2.45, 2.75) is 13.3 Å². The van der Waals surface area contributed by atoms with Gasteiger partial charge in [0, 0.05) is 0 Å². The third-order valence-electron chi connectivity index (χ3n) is 2.11. The van der Waals surface area contributed by atoms with Gasteiger partial charge in [0.05, 0.1) is 10.0 Å². The predicted octanol–water partition coefficient (Wildman–Crippen LogP) is 3.49. The highest BCUT2D eigenvalue weighted by atomic mass is 79.9. The summed E-state index contributed by atoms with van der Waals surface area (Å²) in [5, 5.41) is 8.84. The highest BCUT2D eigenvalue weighted by Crippen LogP contribution is 2.26. The van der Waals surface area contributed by atoms with Gasteiger partial charge in [0.1, 0.15) is 12.4 Å². The largest absolute Gasteiger partial charge is 0.488 e. The average Bonchev–Trinajstić information content (AvgIpc) is 2.27. The number of carboxylic acid groups (broad SMARTS) is 1. The van der Waals surface area contributed by atoms with Crippen molar-refractivity contribution in [3.8, 4) is 5.75 Å². The average molecular weight is 285 g/mol. The molecule has 3 nitrogen and oxygen atoms in total. The molecule has 0 fully saturated rings. The Bertz CT molecular complexity index is 413. The molecule has 1 aromatic rings. The van der Waals surface area contributed by atoms with Crippen molar-refractivity contribution in [3.63, 3.8) is 0 Å². The molecule has 0 atom stereocenters. The normalized spacial score (nSPS) is 9.88. The second-order valence-corrected chi connectivity index (χ2v) is 4.20. The molecule has 0 aliphatic heterocycles. The van der Waals surface area contributed by atoms with Gasteiger partial charge >= 0.3 is 5.97 Å². The van der Waals surface area contributed by atoms with Gasteiger partial charge in [-0.05, 0) is 46.1 Å². The second kappa shape index (κ2) is 5.70. The van der Waals surface area contributed by atoms with Crippen molar-refractivity contribution in [3.05, 3.63) is 40.4 Å². The van der Waals surface area contributed by atoms with Crippen LogP contribution in [0.5, 0.6) is 5.75 Å². The minimum absolute atomic E-state index is 0.209. The Morgan fingerprint density at radius 3 is 2.81 bits per heavy atom. The third kappa shape index (κ3) is 3.38. The van der Waals surface area contributed by atoms with Crippen molar-refractivity contribution < 1.29 is 14.6 Å². The Morgan fingerprint density at radius 1 is 1.56 bits per heavy atom. The maximum Gasteiger partial charge on any atom is 0.335 e. The van der Waals surface area contributed by atoms with Crippen LogP contribution in [0.25, 0.3) is 0 Å². The number of hydrogen-bond acceptors (Lipinski definition) is 2. The summed E-state index contributed by atoms with van der Waals surface area (Å²) in [6.07, 6.45) is 0.843. The summed E-state index contributed by atoms with van der Waals surface area (Å²) < 4.78 is 6.21. The van der Waals surface area contributed by atoms with Gasteiger partial charge in [-0.2, -0.15) is 0 Å². The van der Waals surface area contributed by atoms with Gasteiger partial charge in [0.15, 0.2) is 0 Å². The van der Waals surface area contributed by atoms with Gasteiger partial charge in [0.2, 0.25) is 0 Å². The van der Waals surface area contributed by atoms with Crippen LogP contribution in [-0.4, -0.2) is 17.7 Å². The van der Waals surface area contributed by atoms with Gasteiger partial charge < -0.3 is 9.84 Å². The summed E-state index contributed by atoms with van der Waals surface area (Å²) in [5.74, 6) is -0.443. The van der Waals surface area contributed by atoms with Gasteiger partial charge in [-0.1, -0.05) is 13.5 Å². The fourth-order valence-electron chi connectivity index (χ4n) is 1.03. The fourth-order valence-corrected chi connectivity index (χ4v) is 1.39. The lowest BCUT2D eigenvalue weighted by Crippen LogP contribution is -2.02. The molecule has 0 amide bonds. The lowest BCUT2D eigenvalue weighted by atomic mass is 10.2. The first-order valence-corrected chi connectivity index (χ1v) is 5.66. The van der Waals surface area contributed by atoms with Crippen molar-refractivity contribution in [2.24, 2.45) is 0 Å². The van der Waals surface area contributed by atoms with E-state index in [2.05, 4.69) is 22.5 Å². The second-order valence-electron chi connectivity index (χ2n) is 3.34. The number of carbonyl (C=O) groups is 1. The van der Waals surface area contributed by atoms with E-state index in [1.165, 1.54) is 12.1 Å². The lowest BCUT2D eigenvalue weighted by molar-refractivity contribution is 0.0696. The van der Waals surface area contributed by atoms with E-state index < -0.39 is 5.97 Å². The molecule has 16 heavy (non-hydrogen) atoms. The summed E-state index contributed by atoms with van der Waals surface area (Å²) >= 11 is 3.30. The van der Waals surface area contributed by atoms with Gasteiger partial charge in [-0.25, -0.2) is 4.79 Å². The molecule has 0 aliphatic carbocycles. The monoisotopic (exact) mass is 284 g/mol. The smallest absolute Gasteiger partial charge is 0.335 e. The van der Waals surface area contributed by atoms with Gasteiger partial charge in [0.25, 0.3) is 0 Å². The minimum atomic E-state index is -0.966. The lowest BCUT2D eigenvalue weighted by Gasteiger charge is -2.09. The summed E-state index contributed by atoms with van der Waals surface area (Å²) in [5.41, 5.74) is 1.17. The number of ether oxygens (including phenoxy) is 1. The van der Waals surface area contributed by atoms with E-state index in [1.807, 2.05) is 6.92 Å². The third-order valence-corrected chi connectivity index (χ3v) is 2.77. The highest BCUT2D eigenvalue weighted by molar-refractivity contribution is 9.10. The number of carboxylic acids is 1. The number of hydrogen-bond donors (Lipinski definition) is 1. The molecule has 4 heteroatoms. The molecule has 0 radical (unpaired) electrons. The number of rotatable bonds is 5. The number of aromatic carboxylic acids is 1. The molecule has 1 rings (SSSR count). The van der Waals surface area contributed by atoms with Crippen molar-refractivity contribution in [2.75, 3.05) is 6.61 Å². The van der Waals surface area contributed by atoms with Crippen LogP contribution in [0.4, 0.5) is 0 Å². The quantitative estimate of drug-likeness (QED) is 0.842. The maximum absolute atomic E-state index is 10.8.